The van der Waals surface area contributed by atoms with Gasteiger partial charge in [-0.3, -0.25) is 10.1 Å². The molecule has 0 saturated heterocycles. The van der Waals surface area contributed by atoms with Crippen molar-refractivity contribution in [2.75, 3.05) is 23.9 Å². The molecule has 0 aliphatic rings. The third-order valence-electron chi connectivity index (χ3n) is 2.57. The molecule has 1 unspecified atom stereocenters. The lowest BCUT2D eigenvalue weighted by atomic mass is 10.1. The maximum absolute atomic E-state index is 10.8. The van der Waals surface area contributed by atoms with Gasteiger partial charge in [0.25, 0.3) is 5.69 Å². The summed E-state index contributed by atoms with van der Waals surface area (Å²) >= 11 is 5.18. The van der Waals surface area contributed by atoms with E-state index in [1.165, 1.54) is 0 Å². The molecular weight excluding hydrogens is 316 g/mol. The average Bonchev–Trinajstić information content (AvgIpc) is 2.29. The highest BCUT2D eigenvalue weighted by atomic mass is 79.9. The zero-order valence-corrected chi connectivity index (χ0v) is 13.1. The van der Waals surface area contributed by atoms with Gasteiger partial charge >= 0.3 is 0 Å². The minimum Gasteiger partial charge on any atom is -0.384 e. The van der Waals surface area contributed by atoms with Gasteiger partial charge in [-0.2, -0.15) is 11.8 Å². The second-order valence-corrected chi connectivity index (χ2v) is 6.08. The van der Waals surface area contributed by atoms with Crippen molar-refractivity contribution in [3.05, 3.63) is 32.3 Å². The van der Waals surface area contributed by atoms with E-state index in [-0.39, 0.29) is 10.6 Å². The Morgan fingerprint density at radius 1 is 1.56 bits per heavy atom. The Bertz CT molecular complexity index is 440. The number of aryl methyl sites for hydroxylation is 1. The molecule has 18 heavy (non-hydrogen) atoms. The highest BCUT2D eigenvalue weighted by molar-refractivity contribution is 9.10. The van der Waals surface area contributed by atoms with Crippen LogP contribution in [0.25, 0.3) is 0 Å². The van der Waals surface area contributed by atoms with Crippen molar-refractivity contribution in [2.24, 2.45) is 5.92 Å². The maximum atomic E-state index is 10.8. The number of anilines is 1. The fourth-order valence-electron chi connectivity index (χ4n) is 1.63. The third-order valence-corrected chi connectivity index (χ3v) is 4.13. The van der Waals surface area contributed by atoms with Gasteiger partial charge < -0.3 is 5.32 Å². The Morgan fingerprint density at radius 3 is 2.78 bits per heavy atom. The fraction of sp³-hybridized carbons (Fsp3) is 0.500. The van der Waals surface area contributed by atoms with Gasteiger partial charge in [0, 0.05) is 28.3 Å². The molecule has 0 radical (unpaired) electrons. The Balaban J connectivity index is 2.79. The predicted octanol–water partition coefficient (Wildman–Crippen LogP) is 4.08. The average molecular weight is 333 g/mol. The molecule has 0 amide bonds. The first-order valence-corrected chi connectivity index (χ1v) is 7.81. The number of hydrogen-bond donors (Lipinski definition) is 1. The number of thioether (sulfide) groups is 1. The molecule has 0 bridgehead atoms. The van der Waals surface area contributed by atoms with Gasteiger partial charge in [-0.05, 0) is 46.8 Å². The molecule has 0 heterocycles. The lowest BCUT2D eigenvalue weighted by Gasteiger charge is -2.14. The van der Waals surface area contributed by atoms with Crippen molar-refractivity contribution in [1.29, 1.82) is 0 Å². The Hall–Kier alpha value is -0.750. The molecular formula is C12H17BrN2O2S. The zero-order valence-electron chi connectivity index (χ0n) is 10.7. The first-order valence-electron chi connectivity index (χ1n) is 5.63. The smallest absolute Gasteiger partial charge is 0.273 e. The standard InChI is InChI=1S/C12H17BrN2O2S/c1-8(7-18-3)6-14-11-4-9(2)12(15(16)17)5-10(11)13/h4-5,8,14H,6-7H2,1-3H3. The van der Waals surface area contributed by atoms with Gasteiger partial charge in [0.15, 0.2) is 0 Å². The summed E-state index contributed by atoms with van der Waals surface area (Å²) in [7, 11) is 0. The summed E-state index contributed by atoms with van der Waals surface area (Å²) in [5, 5.41) is 14.1. The van der Waals surface area contributed by atoms with E-state index in [0.717, 1.165) is 22.5 Å². The van der Waals surface area contributed by atoms with E-state index in [1.807, 2.05) is 17.8 Å². The summed E-state index contributed by atoms with van der Waals surface area (Å²) in [6, 6.07) is 3.37. The van der Waals surface area contributed by atoms with Gasteiger partial charge in [0.1, 0.15) is 0 Å². The van der Waals surface area contributed by atoms with Gasteiger partial charge in [0.05, 0.1) is 4.92 Å². The van der Waals surface area contributed by atoms with Crippen LogP contribution in [0.1, 0.15) is 12.5 Å². The number of benzene rings is 1. The van der Waals surface area contributed by atoms with Crippen molar-refractivity contribution in [3.63, 3.8) is 0 Å². The van der Waals surface area contributed by atoms with Crippen molar-refractivity contribution < 1.29 is 4.92 Å². The molecule has 1 rings (SSSR count). The van der Waals surface area contributed by atoms with Gasteiger partial charge in [-0.15, -0.1) is 0 Å². The molecule has 100 valence electrons. The summed E-state index contributed by atoms with van der Waals surface area (Å²) < 4.78 is 0.733. The molecule has 0 aromatic heterocycles. The van der Waals surface area contributed by atoms with E-state index in [9.17, 15) is 10.1 Å². The minimum absolute atomic E-state index is 0.143. The first kappa shape index (κ1) is 15.3. The van der Waals surface area contributed by atoms with Crippen LogP contribution in [0.15, 0.2) is 16.6 Å². The van der Waals surface area contributed by atoms with Crippen molar-refractivity contribution in [3.8, 4) is 0 Å². The molecule has 0 spiro atoms. The van der Waals surface area contributed by atoms with Crippen molar-refractivity contribution in [1.82, 2.24) is 0 Å². The highest BCUT2D eigenvalue weighted by Crippen LogP contribution is 2.30. The number of nitrogens with zero attached hydrogens (tertiary/aromatic N) is 1. The topological polar surface area (TPSA) is 55.2 Å². The lowest BCUT2D eigenvalue weighted by Crippen LogP contribution is -2.13. The molecule has 1 aromatic rings. The number of nitro groups is 1. The van der Waals surface area contributed by atoms with E-state index in [2.05, 4.69) is 34.4 Å². The second kappa shape index (κ2) is 6.99. The molecule has 1 aromatic carbocycles. The third kappa shape index (κ3) is 4.17. The minimum atomic E-state index is -0.361. The van der Waals surface area contributed by atoms with Crippen LogP contribution in [0, 0.1) is 23.0 Å². The van der Waals surface area contributed by atoms with E-state index < -0.39 is 0 Å². The summed E-state index contributed by atoms with van der Waals surface area (Å²) in [5.41, 5.74) is 1.72. The molecule has 0 saturated carbocycles. The van der Waals surface area contributed by atoms with E-state index >= 15 is 0 Å². The number of hydrogen-bond acceptors (Lipinski definition) is 4. The largest absolute Gasteiger partial charge is 0.384 e. The summed E-state index contributed by atoms with van der Waals surface area (Å²) in [6.45, 7) is 4.79. The van der Waals surface area contributed by atoms with Crippen LogP contribution in [0.2, 0.25) is 0 Å². The van der Waals surface area contributed by atoms with Gasteiger partial charge in [-0.25, -0.2) is 0 Å². The Labute approximate surface area is 120 Å². The fourth-order valence-corrected chi connectivity index (χ4v) is 2.79. The summed E-state index contributed by atoms with van der Waals surface area (Å²) in [5.74, 6) is 1.65. The van der Waals surface area contributed by atoms with Crippen LogP contribution >= 0.6 is 27.7 Å². The number of rotatable bonds is 6. The molecule has 0 fully saturated rings. The van der Waals surface area contributed by atoms with Crippen molar-refractivity contribution in [2.45, 2.75) is 13.8 Å². The molecule has 0 aliphatic heterocycles. The first-order chi connectivity index (χ1) is 8.45. The normalized spacial score (nSPS) is 12.2. The van der Waals surface area contributed by atoms with Gasteiger partial charge in [0.2, 0.25) is 0 Å². The molecule has 1 atom stereocenters. The number of halogens is 1. The molecule has 6 heteroatoms. The van der Waals surface area contributed by atoms with Gasteiger partial charge in [-0.1, -0.05) is 6.92 Å². The summed E-state index contributed by atoms with van der Waals surface area (Å²) in [4.78, 5) is 10.4. The Kier molecular flexibility index (Phi) is 5.95. The molecule has 4 nitrogen and oxygen atoms in total. The number of nitro benzene ring substituents is 1. The van der Waals surface area contributed by atoms with Crippen LogP contribution in [-0.4, -0.2) is 23.5 Å². The quantitative estimate of drug-likeness (QED) is 0.630. The van der Waals surface area contributed by atoms with Crippen LogP contribution < -0.4 is 5.32 Å². The van der Waals surface area contributed by atoms with Crippen LogP contribution in [0.3, 0.4) is 0 Å². The lowest BCUT2D eigenvalue weighted by molar-refractivity contribution is -0.385. The van der Waals surface area contributed by atoms with Crippen molar-refractivity contribution >= 4 is 39.1 Å². The van der Waals surface area contributed by atoms with Crippen LogP contribution in [-0.2, 0) is 0 Å². The maximum Gasteiger partial charge on any atom is 0.273 e. The van der Waals surface area contributed by atoms with E-state index in [4.69, 9.17) is 0 Å². The zero-order chi connectivity index (χ0) is 13.7. The second-order valence-electron chi connectivity index (χ2n) is 4.32. The van der Waals surface area contributed by atoms with Crippen LogP contribution in [0.4, 0.5) is 11.4 Å². The van der Waals surface area contributed by atoms with E-state index in [0.29, 0.717) is 11.5 Å². The highest BCUT2D eigenvalue weighted by Gasteiger charge is 2.14. The number of nitrogens with one attached hydrogen (secondary N) is 1. The SMILES string of the molecule is CSCC(C)CNc1cc(C)c([N+](=O)[O-])cc1Br. The Morgan fingerprint density at radius 2 is 2.22 bits per heavy atom. The molecule has 1 N–H and O–H groups in total. The summed E-state index contributed by atoms with van der Waals surface area (Å²) in [6.07, 6.45) is 2.09. The molecule has 0 aliphatic carbocycles. The predicted molar refractivity (Wildman–Crippen MR) is 81.6 cm³/mol. The van der Waals surface area contributed by atoms with E-state index in [1.54, 1.807) is 13.0 Å². The monoisotopic (exact) mass is 332 g/mol. The van der Waals surface area contributed by atoms with Crippen LogP contribution in [0.5, 0.6) is 0 Å².